The third-order valence-corrected chi connectivity index (χ3v) is 9.04. The van der Waals surface area contributed by atoms with Gasteiger partial charge in [0.2, 0.25) is 11.6 Å². The molecule has 14 heteroatoms. The Morgan fingerprint density at radius 2 is 1.69 bits per heavy atom. The SMILES string of the molecule is COc1cc(CNNC(=O)[C@@]2(Cc3ccccc3CN=[N+]=[N-])N=C(c3ccc(OCCCO)cc3)O[C@H]2c2ccccc2Br)cc(OC)c1OC. The van der Waals surface area contributed by atoms with Gasteiger partial charge >= 0.3 is 0 Å². The van der Waals surface area contributed by atoms with Crippen molar-refractivity contribution in [2.24, 2.45) is 10.1 Å². The monoisotopic (exact) mass is 758 g/mol. The highest BCUT2D eigenvalue weighted by molar-refractivity contribution is 9.10. The fourth-order valence-corrected chi connectivity index (χ4v) is 6.29. The number of methoxy groups -OCH3 is 3. The maximum atomic E-state index is 14.7. The zero-order chi connectivity index (χ0) is 36.2. The molecule has 0 bridgehead atoms. The summed E-state index contributed by atoms with van der Waals surface area (Å²) in [6.07, 6.45) is -0.254. The Labute approximate surface area is 304 Å². The van der Waals surface area contributed by atoms with Gasteiger partial charge in [-0.3, -0.25) is 10.2 Å². The summed E-state index contributed by atoms with van der Waals surface area (Å²) >= 11 is 3.68. The van der Waals surface area contributed by atoms with Crippen molar-refractivity contribution in [3.05, 3.63) is 128 Å². The lowest BCUT2D eigenvalue weighted by Gasteiger charge is -2.32. The van der Waals surface area contributed by atoms with E-state index in [1.54, 1.807) is 24.3 Å². The lowest BCUT2D eigenvalue weighted by Crippen LogP contribution is -2.53. The van der Waals surface area contributed by atoms with Crippen LogP contribution < -0.4 is 29.8 Å². The molecule has 2 atom stereocenters. The molecule has 4 aromatic carbocycles. The van der Waals surface area contributed by atoms with Crippen molar-refractivity contribution < 1.29 is 33.6 Å². The van der Waals surface area contributed by atoms with Crippen LogP contribution in [0.25, 0.3) is 10.4 Å². The van der Waals surface area contributed by atoms with E-state index >= 15 is 0 Å². The number of amides is 1. The quantitative estimate of drug-likeness (QED) is 0.0367. The van der Waals surface area contributed by atoms with E-state index in [0.717, 1.165) is 21.2 Å². The Morgan fingerprint density at radius 3 is 2.33 bits per heavy atom. The van der Waals surface area contributed by atoms with E-state index in [9.17, 15) is 4.79 Å². The predicted octanol–water partition coefficient (Wildman–Crippen LogP) is 6.37. The number of hydrogen-bond donors (Lipinski definition) is 3. The van der Waals surface area contributed by atoms with E-state index in [-0.39, 0.29) is 32.0 Å². The molecule has 13 nitrogen and oxygen atoms in total. The Balaban J connectivity index is 1.56. The first kappa shape index (κ1) is 37.0. The Bertz CT molecular complexity index is 1880. The number of aliphatic hydroxyl groups excluding tert-OH is 1. The number of carbonyl (C=O) groups excluding carboxylic acids is 1. The molecule has 4 aromatic rings. The van der Waals surface area contributed by atoms with E-state index in [1.807, 2.05) is 60.7 Å². The lowest BCUT2D eigenvalue weighted by atomic mass is 9.81. The number of azide groups is 1. The van der Waals surface area contributed by atoms with Crippen LogP contribution in [-0.4, -0.2) is 57.0 Å². The first-order chi connectivity index (χ1) is 24.9. The van der Waals surface area contributed by atoms with Gasteiger partial charge in [-0.2, -0.15) is 0 Å². The van der Waals surface area contributed by atoms with Crippen molar-refractivity contribution in [2.45, 2.75) is 37.6 Å². The van der Waals surface area contributed by atoms with E-state index in [4.69, 9.17) is 39.3 Å². The molecule has 1 amide bonds. The van der Waals surface area contributed by atoms with Gasteiger partial charge in [-0.1, -0.05) is 63.5 Å². The molecule has 0 saturated heterocycles. The molecule has 3 N–H and O–H groups in total. The van der Waals surface area contributed by atoms with Crippen molar-refractivity contribution in [1.82, 2.24) is 10.9 Å². The third kappa shape index (κ3) is 8.55. The summed E-state index contributed by atoms with van der Waals surface area (Å²) in [5.74, 6) is 1.85. The summed E-state index contributed by atoms with van der Waals surface area (Å²) < 4.78 is 29.6. The van der Waals surface area contributed by atoms with Gasteiger partial charge in [-0.25, -0.2) is 10.4 Å². The normalized spacial score (nSPS) is 16.3. The standard InChI is InChI=1S/C37H39BrN6O7/c1-47-31-19-24(20-32(48-2)33(31)49-3)22-40-43-36(46)37(21-26-9-4-5-10-27(26)23-41-44-39)34(29-11-6-7-12-30(29)38)51-35(42-37)25-13-15-28(16-14-25)50-18-8-17-45/h4-7,9-16,19-20,34,40,45H,8,17-18,21-23H2,1-3H3,(H,43,46)/t34-,37-/m0/s1. The van der Waals surface area contributed by atoms with Gasteiger partial charge in [-0.15, -0.1) is 0 Å². The third-order valence-electron chi connectivity index (χ3n) is 8.32. The number of nitrogens with one attached hydrogen (secondary N) is 2. The fraction of sp³-hybridized carbons (Fsp3) is 0.297. The van der Waals surface area contributed by atoms with Crippen LogP contribution in [-0.2, 0) is 29.0 Å². The van der Waals surface area contributed by atoms with Crippen LogP contribution in [0, 0.1) is 0 Å². The molecule has 1 aliphatic heterocycles. The molecule has 1 aliphatic rings. The molecule has 0 fully saturated rings. The maximum Gasteiger partial charge on any atom is 0.266 e. The van der Waals surface area contributed by atoms with Gasteiger partial charge in [0, 0.05) is 46.5 Å². The van der Waals surface area contributed by atoms with Crippen molar-refractivity contribution in [3.63, 3.8) is 0 Å². The van der Waals surface area contributed by atoms with Crippen molar-refractivity contribution in [2.75, 3.05) is 34.5 Å². The van der Waals surface area contributed by atoms with Crippen LogP contribution in [0.15, 0.2) is 99.5 Å². The first-order valence-electron chi connectivity index (χ1n) is 16.1. The lowest BCUT2D eigenvalue weighted by molar-refractivity contribution is -0.130. The highest BCUT2D eigenvalue weighted by atomic mass is 79.9. The van der Waals surface area contributed by atoms with Crippen molar-refractivity contribution >= 4 is 27.7 Å². The van der Waals surface area contributed by atoms with Crippen LogP contribution in [0.5, 0.6) is 23.0 Å². The maximum absolute atomic E-state index is 14.7. The van der Waals surface area contributed by atoms with Crippen LogP contribution in [0.1, 0.15) is 40.3 Å². The van der Waals surface area contributed by atoms with Gasteiger partial charge in [0.15, 0.2) is 23.1 Å². The Morgan fingerprint density at radius 1 is 1.00 bits per heavy atom. The summed E-state index contributed by atoms with van der Waals surface area (Å²) in [6.45, 7) is 0.713. The predicted molar refractivity (Wildman–Crippen MR) is 195 cm³/mol. The number of rotatable bonds is 17. The summed E-state index contributed by atoms with van der Waals surface area (Å²) in [5.41, 5.74) is 17.2. The molecule has 1 heterocycles. The highest BCUT2D eigenvalue weighted by Crippen LogP contribution is 2.45. The van der Waals surface area contributed by atoms with Crippen LogP contribution in [0.2, 0.25) is 0 Å². The summed E-state index contributed by atoms with van der Waals surface area (Å²) in [5, 5.41) is 12.9. The van der Waals surface area contributed by atoms with E-state index in [1.165, 1.54) is 21.3 Å². The molecular weight excluding hydrogens is 720 g/mol. The topological polar surface area (TPSA) is 169 Å². The molecule has 0 spiro atoms. The number of ether oxygens (including phenoxy) is 5. The largest absolute Gasteiger partial charge is 0.494 e. The van der Waals surface area contributed by atoms with E-state index in [0.29, 0.717) is 47.2 Å². The molecule has 0 radical (unpaired) electrons. The number of aliphatic imine (C=N–C) groups is 1. The van der Waals surface area contributed by atoms with Crippen LogP contribution in [0.3, 0.4) is 0 Å². The average molecular weight is 760 g/mol. The molecule has 0 aromatic heterocycles. The number of halogens is 1. The van der Waals surface area contributed by atoms with Gasteiger partial charge in [0.05, 0.1) is 34.5 Å². The van der Waals surface area contributed by atoms with Crippen molar-refractivity contribution in [1.29, 1.82) is 0 Å². The fourth-order valence-electron chi connectivity index (χ4n) is 5.80. The number of hydrazine groups is 1. The summed E-state index contributed by atoms with van der Waals surface area (Å²) in [7, 11) is 4.61. The molecular formula is C37H39BrN6O7. The number of aliphatic hydroxyl groups is 1. The first-order valence-corrected chi connectivity index (χ1v) is 16.9. The van der Waals surface area contributed by atoms with Gasteiger partial charge in [0.1, 0.15) is 5.75 Å². The molecule has 51 heavy (non-hydrogen) atoms. The Kier molecular flexibility index (Phi) is 12.8. The summed E-state index contributed by atoms with van der Waals surface area (Å²) in [6, 6.07) is 25.8. The number of carbonyl (C=O) groups is 1. The molecule has 0 saturated carbocycles. The zero-order valence-corrected chi connectivity index (χ0v) is 30.1. The molecule has 0 unspecified atom stereocenters. The minimum Gasteiger partial charge on any atom is -0.494 e. The van der Waals surface area contributed by atoms with E-state index < -0.39 is 17.6 Å². The second-order valence-electron chi connectivity index (χ2n) is 11.5. The average Bonchev–Trinajstić information content (AvgIpc) is 3.54. The number of benzene rings is 4. The van der Waals surface area contributed by atoms with Gasteiger partial charge in [-0.05, 0) is 64.7 Å². The van der Waals surface area contributed by atoms with Gasteiger partial charge < -0.3 is 28.8 Å². The number of hydrogen-bond acceptors (Lipinski definition) is 10. The second kappa shape index (κ2) is 17.6. The molecule has 5 rings (SSSR count). The Hall–Kier alpha value is -5.27. The minimum atomic E-state index is -1.54. The van der Waals surface area contributed by atoms with Crippen molar-refractivity contribution in [3.8, 4) is 23.0 Å². The summed E-state index contributed by atoms with van der Waals surface area (Å²) in [4.78, 5) is 22.8. The smallest absolute Gasteiger partial charge is 0.266 e. The van der Waals surface area contributed by atoms with Crippen LogP contribution in [0.4, 0.5) is 0 Å². The highest BCUT2D eigenvalue weighted by Gasteiger charge is 2.54. The van der Waals surface area contributed by atoms with Crippen LogP contribution >= 0.6 is 15.9 Å². The second-order valence-corrected chi connectivity index (χ2v) is 12.3. The van der Waals surface area contributed by atoms with E-state index in [2.05, 4.69) is 36.8 Å². The number of nitrogens with zero attached hydrogens (tertiary/aromatic N) is 4. The zero-order valence-electron chi connectivity index (χ0n) is 28.5. The molecule has 266 valence electrons. The minimum absolute atomic E-state index is 0.0344. The molecule has 0 aliphatic carbocycles. The van der Waals surface area contributed by atoms with Gasteiger partial charge in [0.25, 0.3) is 5.91 Å².